The molecule has 0 aliphatic heterocycles. The number of fused-ring (bicyclic) bond motifs is 1. The van der Waals surface area contributed by atoms with Crippen LogP contribution < -0.4 is 5.32 Å². The van der Waals surface area contributed by atoms with Crippen molar-refractivity contribution in [1.29, 1.82) is 0 Å². The van der Waals surface area contributed by atoms with E-state index in [9.17, 15) is 4.79 Å². The lowest BCUT2D eigenvalue weighted by atomic mass is 9.79. The van der Waals surface area contributed by atoms with E-state index in [1.54, 1.807) is 0 Å². The molecule has 4 rings (SSSR count). The van der Waals surface area contributed by atoms with Gasteiger partial charge in [0.15, 0.2) is 0 Å². The average Bonchev–Trinajstić information content (AvgIpc) is 3.17. The SMILES string of the molecule is CN(C)Cc1nnc(C2CC(NC(=O)c3ccc4c(c3)CCC4)C2)n1C. The second kappa shape index (κ2) is 6.83. The molecule has 1 aromatic heterocycles. The standard InChI is InChI=1S/C20H27N5O/c1-24(2)12-18-22-23-19(25(18)3)16-10-17(11-16)21-20(26)15-8-7-13-5-4-6-14(13)9-15/h7-9,16-17H,4-6,10-12H2,1-3H3,(H,21,26). The Kier molecular flexibility index (Phi) is 4.53. The number of aromatic nitrogens is 3. The van der Waals surface area contributed by atoms with Crippen LogP contribution in [0.25, 0.3) is 0 Å². The molecule has 0 atom stereocenters. The maximum atomic E-state index is 12.5. The first kappa shape index (κ1) is 17.2. The summed E-state index contributed by atoms with van der Waals surface area (Å²) in [7, 11) is 6.09. The molecule has 2 aliphatic rings. The van der Waals surface area contributed by atoms with E-state index in [0.29, 0.717) is 5.92 Å². The molecule has 1 amide bonds. The molecule has 1 saturated carbocycles. The van der Waals surface area contributed by atoms with Gasteiger partial charge < -0.3 is 14.8 Å². The first-order valence-corrected chi connectivity index (χ1v) is 9.47. The van der Waals surface area contributed by atoms with Crippen LogP contribution in [0.2, 0.25) is 0 Å². The molecule has 0 bridgehead atoms. The second-order valence-corrected chi connectivity index (χ2v) is 7.95. The van der Waals surface area contributed by atoms with E-state index in [4.69, 9.17) is 0 Å². The van der Waals surface area contributed by atoms with Gasteiger partial charge in [0.1, 0.15) is 11.6 Å². The topological polar surface area (TPSA) is 63.1 Å². The lowest BCUT2D eigenvalue weighted by Gasteiger charge is -2.35. The molecular weight excluding hydrogens is 326 g/mol. The first-order valence-electron chi connectivity index (χ1n) is 9.47. The van der Waals surface area contributed by atoms with Crippen LogP contribution in [0.15, 0.2) is 18.2 Å². The molecule has 1 heterocycles. The molecular formula is C20H27N5O. The largest absolute Gasteiger partial charge is 0.349 e. The van der Waals surface area contributed by atoms with E-state index in [2.05, 4.69) is 37.1 Å². The Morgan fingerprint density at radius 2 is 2.00 bits per heavy atom. The molecule has 1 aromatic carbocycles. The van der Waals surface area contributed by atoms with Gasteiger partial charge >= 0.3 is 0 Å². The third-order valence-corrected chi connectivity index (χ3v) is 5.66. The van der Waals surface area contributed by atoms with Crippen molar-refractivity contribution >= 4 is 5.91 Å². The van der Waals surface area contributed by atoms with Gasteiger partial charge in [0.2, 0.25) is 0 Å². The Labute approximate surface area is 154 Å². The summed E-state index contributed by atoms with van der Waals surface area (Å²) in [6.45, 7) is 0.786. The van der Waals surface area contributed by atoms with E-state index in [0.717, 1.165) is 49.4 Å². The fourth-order valence-corrected chi connectivity index (χ4v) is 4.08. The normalized spacial score (nSPS) is 21.5. The Balaban J connectivity index is 1.34. The van der Waals surface area contributed by atoms with Gasteiger partial charge in [-0.05, 0) is 69.5 Å². The zero-order valence-electron chi connectivity index (χ0n) is 15.8. The summed E-state index contributed by atoms with van der Waals surface area (Å²) in [5, 5.41) is 11.9. The third-order valence-electron chi connectivity index (χ3n) is 5.66. The fourth-order valence-electron chi connectivity index (χ4n) is 4.08. The summed E-state index contributed by atoms with van der Waals surface area (Å²) < 4.78 is 2.10. The molecule has 1 fully saturated rings. The number of benzene rings is 1. The van der Waals surface area contributed by atoms with Crippen LogP contribution in [0.1, 0.15) is 58.3 Å². The first-order chi connectivity index (χ1) is 12.5. The smallest absolute Gasteiger partial charge is 0.251 e. The van der Waals surface area contributed by atoms with Crippen molar-refractivity contribution in [1.82, 2.24) is 25.0 Å². The number of nitrogens with one attached hydrogen (secondary N) is 1. The maximum Gasteiger partial charge on any atom is 0.251 e. The quantitative estimate of drug-likeness (QED) is 0.893. The van der Waals surface area contributed by atoms with E-state index < -0.39 is 0 Å². The molecule has 0 saturated heterocycles. The number of carbonyl (C=O) groups is 1. The number of amides is 1. The molecule has 1 N–H and O–H groups in total. The number of hydrogen-bond donors (Lipinski definition) is 1. The average molecular weight is 353 g/mol. The van der Waals surface area contributed by atoms with Crippen molar-refractivity contribution in [2.45, 2.75) is 50.6 Å². The molecule has 2 aliphatic carbocycles. The summed E-state index contributed by atoms with van der Waals surface area (Å²) in [6.07, 6.45) is 5.33. The number of aryl methyl sites for hydroxylation is 2. The van der Waals surface area contributed by atoms with Crippen molar-refractivity contribution in [3.05, 3.63) is 46.5 Å². The minimum Gasteiger partial charge on any atom is -0.349 e. The van der Waals surface area contributed by atoms with Crippen LogP contribution in [0.3, 0.4) is 0 Å². The molecule has 0 radical (unpaired) electrons. The molecule has 6 heteroatoms. The number of carbonyl (C=O) groups excluding carboxylic acids is 1. The lowest BCUT2D eigenvalue weighted by Crippen LogP contribution is -2.44. The minimum absolute atomic E-state index is 0.0504. The van der Waals surface area contributed by atoms with Crippen LogP contribution in [0.5, 0.6) is 0 Å². The van der Waals surface area contributed by atoms with Gasteiger partial charge in [-0.1, -0.05) is 6.07 Å². The zero-order chi connectivity index (χ0) is 18.3. The zero-order valence-corrected chi connectivity index (χ0v) is 15.8. The van der Waals surface area contributed by atoms with Gasteiger partial charge in [-0.25, -0.2) is 0 Å². The highest BCUT2D eigenvalue weighted by Gasteiger charge is 2.35. The molecule has 0 spiro atoms. The Bertz CT molecular complexity index is 820. The molecule has 26 heavy (non-hydrogen) atoms. The van der Waals surface area contributed by atoms with Crippen LogP contribution in [0.4, 0.5) is 0 Å². The van der Waals surface area contributed by atoms with Crippen LogP contribution in [-0.4, -0.2) is 45.7 Å². The van der Waals surface area contributed by atoms with Crippen molar-refractivity contribution in [3.8, 4) is 0 Å². The van der Waals surface area contributed by atoms with Crippen molar-refractivity contribution in [3.63, 3.8) is 0 Å². The minimum atomic E-state index is 0.0504. The Morgan fingerprint density at radius 1 is 1.23 bits per heavy atom. The monoisotopic (exact) mass is 353 g/mol. The Morgan fingerprint density at radius 3 is 2.77 bits per heavy atom. The molecule has 0 unspecified atom stereocenters. The number of hydrogen-bond acceptors (Lipinski definition) is 4. The van der Waals surface area contributed by atoms with Gasteiger partial charge in [0.25, 0.3) is 5.91 Å². The summed E-state index contributed by atoms with van der Waals surface area (Å²) >= 11 is 0. The fraction of sp³-hybridized carbons (Fsp3) is 0.550. The highest BCUT2D eigenvalue weighted by Crippen LogP contribution is 2.36. The van der Waals surface area contributed by atoms with E-state index in [1.165, 1.54) is 17.5 Å². The summed E-state index contributed by atoms with van der Waals surface area (Å²) in [4.78, 5) is 14.6. The Hall–Kier alpha value is -2.21. The van der Waals surface area contributed by atoms with Crippen molar-refractivity contribution in [2.75, 3.05) is 14.1 Å². The van der Waals surface area contributed by atoms with Crippen LogP contribution in [-0.2, 0) is 26.4 Å². The highest BCUT2D eigenvalue weighted by molar-refractivity contribution is 5.94. The van der Waals surface area contributed by atoms with E-state index in [1.807, 2.05) is 27.2 Å². The van der Waals surface area contributed by atoms with Crippen molar-refractivity contribution in [2.24, 2.45) is 7.05 Å². The van der Waals surface area contributed by atoms with Crippen LogP contribution in [0, 0.1) is 0 Å². The van der Waals surface area contributed by atoms with Crippen molar-refractivity contribution < 1.29 is 4.79 Å². The highest BCUT2D eigenvalue weighted by atomic mass is 16.1. The summed E-state index contributed by atoms with van der Waals surface area (Å²) in [5.41, 5.74) is 3.54. The van der Waals surface area contributed by atoms with Gasteiger partial charge in [-0.3, -0.25) is 4.79 Å². The van der Waals surface area contributed by atoms with E-state index in [-0.39, 0.29) is 11.9 Å². The van der Waals surface area contributed by atoms with Gasteiger partial charge in [0.05, 0.1) is 6.54 Å². The predicted octanol–water partition coefficient (Wildman–Crippen LogP) is 2.04. The third kappa shape index (κ3) is 3.26. The lowest BCUT2D eigenvalue weighted by molar-refractivity contribution is 0.0906. The second-order valence-electron chi connectivity index (χ2n) is 7.95. The molecule has 138 valence electrons. The molecule has 2 aromatic rings. The molecule has 6 nitrogen and oxygen atoms in total. The van der Waals surface area contributed by atoms with Gasteiger partial charge in [0, 0.05) is 24.6 Å². The maximum absolute atomic E-state index is 12.5. The van der Waals surface area contributed by atoms with Crippen LogP contribution >= 0.6 is 0 Å². The summed E-state index contributed by atoms with van der Waals surface area (Å²) in [6, 6.07) is 6.39. The van der Waals surface area contributed by atoms with Gasteiger partial charge in [-0.2, -0.15) is 0 Å². The predicted molar refractivity (Wildman–Crippen MR) is 100 cm³/mol. The van der Waals surface area contributed by atoms with E-state index >= 15 is 0 Å². The number of nitrogens with zero attached hydrogens (tertiary/aromatic N) is 4. The summed E-state index contributed by atoms with van der Waals surface area (Å²) in [5.74, 6) is 2.45. The number of rotatable bonds is 5. The van der Waals surface area contributed by atoms with Gasteiger partial charge in [-0.15, -0.1) is 10.2 Å².